The first-order valence-corrected chi connectivity index (χ1v) is 9.62. The molecule has 0 saturated carbocycles. The molecule has 3 aromatic rings. The van der Waals surface area contributed by atoms with Gasteiger partial charge in [-0.1, -0.05) is 30.3 Å². The first-order valence-electron chi connectivity index (χ1n) is 7.94. The largest absolute Gasteiger partial charge is 0.346 e. The van der Waals surface area contributed by atoms with Crippen LogP contribution in [0.3, 0.4) is 0 Å². The lowest BCUT2D eigenvalue weighted by atomic mass is 10.1. The number of nitro benzene ring substituents is 1. The summed E-state index contributed by atoms with van der Waals surface area (Å²) in [6, 6.07) is 10.2. The molecule has 0 fully saturated rings. The molecule has 1 heterocycles. The van der Waals surface area contributed by atoms with E-state index in [0.717, 1.165) is 12.1 Å². The molecule has 11 nitrogen and oxygen atoms in total. The molecule has 0 amide bonds. The van der Waals surface area contributed by atoms with Crippen molar-refractivity contribution in [1.29, 1.82) is 0 Å². The predicted octanol–water partition coefficient (Wildman–Crippen LogP) is 1.67. The second kappa shape index (κ2) is 8.80. The highest BCUT2D eigenvalue weighted by atomic mass is 79.9. The first kappa shape index (κ1) is 22.7. The molecule has 0 saturated heterocycles. The van der Waals surface area contributed by atoms with Crippen LogP contribution >= 0.6 is 24.6 Å². The van der Waals surface area contributed by atoms with E-state index in [0.29, 0.717) is 5.56 Å². The summed E-state index contributed by atoms with van der Waals surface area (Å²) < 4.78 is 11.9. The molecular weight excluding hydrogens is 471 g/mol. The highest BCUT2D eigenvalue weighted by molar-refractivity contribution is 8.93. The molecule has 29 heavy (non-hydrogen) atoms. The number of fused-ring (bicyclic) bond motifs is 1. The number of H-pyrrole nitrogens is 2. The summed E-state index contributed by atoms with van der Waals surface area (Å²) >= 11 is 0. The van der Waals surface area contributed by atoms with E-state index in [1.54, 1.807) is 18.2 Å². The summed E-state index contributed by atoms with van der Waals surface area (Å²) in [6.07, 6.45) is 0. The normalized spacial score (nSPS) is 12.3. The van der Waals surface area contributed by atoms with Crippen LogP contribution in [0.25, 0.3) is 11.0 Å². The van der Waals surface area contributed by atoms with Crippen LogP contribution in [-0.4, -0.2) is 24.7 Å². The average molecular weight is 487 g/mol. The number of aromatic amines is 2. The van der Waals surface area contributed by atoms with E-state index in [9.17, 15) is 34.1 Å². The minimum Gasteiger partial charge on any atom is -0.323 e. The van der Waals surface area contributed by atoms with Gasteiger partial charge in [0, 0.05) is 18.7 Å². The van der Waals surface area contributed by atoms with E-state index in [4.69, 9.17) is 0 Å². The van der Waals surface area contributed by atoms with Gasteiger partial charge in [0.15, 0.2) is 0 Å². The molecule has 154 valence electrons. The van der Waals surface area contributed by atoms with E-state index in [2.05, 4.69) is 15.3 Å². The van der Waals surface area contributed by atoms with Gasteiger partial charge >= 0.3 is 18.7 Å². The first-order chi connectivity index (χ1) is 13.2. The molecule has 5 N–H and O–H groups in total. The number of rotatable bonds is 6. The lowest BCUT2D eigenvalue weighted by Gasteiger charge is -2.20. The van der Waals surface area contributed by atoms with Crippen molar-refractivity contribution < 1.29 is 19.3 Å². The maximum absolute atomic E-state index is 11.9. The Labute approximate surface area is 172 Å². The van der Waals surface area contributed by atoms with Gasteiger partial charge in [-0.3, -0.25) is 29.6 Å². The lowest BCUT2D eigenvalue weighted by Crippen LogP contribution is -2.29. The van der Waals surface area contributed by atoms with Crippen LogP contribution in [-0.2, 0) is 11.1 Å². The molecule has 0 bridgehead atoms. The van der Waals surface area contributed by atoms with Crippen molar-refractivity contribution in [3.05, 3.63) is 84.4 Å². The van der Waals surface area contributed by atoms with Crippen LogP contribution in [0.4, 0.5) is 5.69 Å². The van der Waals surface area contributed by atoms with Gasteiger partial charge in [-0.15, -0.1) is 17.0 Å². The van der Waals surface area contributed by atoms with Crippen molar-refractivity contribution >= 4 is 41.3 Å². The molecule has 3 rings (SSSR count). The van der Waals surface area contributed by atoms with Gasteiger partial charge < -0.3 is 19.8 Å². The zero-order chi connectivity index (χ0) is 20.5. The third-order valence-corrected chi connectivity index (χ3v) is 5.20. The van der Waals surface area contributed by atoms with Gasteiger partial charge in [0.2, 0.25) is 0 Å². The van der Waals surface area contributed by atoms with E-state index in [1.807, 2.05) is 0 Å². The number of hydrogen-bond donors (Lipinski definition) is 5. The summed E-state index contributed by atoms with van der Waals surface area (Å²) in [4.78, 5) is 57.6. The van der Waals surface area contributed by atoms with Crippen LogP contribution in [0, 0.1) is 10.1 Å². The number of nitrogens with one attached hydrogen (secondary N) is 3. The van der Waals surface area contributed by atoms with Crippen molar-refractivity contribution in [2.45, 2.75) is 12.3 Å². The number of benzene rings is 2. The quantitative estimate of drug-likeness (QED) is 0.151. The van der Waals surface area contributed by atoms with Crippen LogP contribution < -0.4 is 16.4 Å². The van der Waals surface area contributed by atoms with E-state index < -0.39 is 29.4 Å². The molecular formula is C16H16BrN4O7P. The summed E-state index contributed by atoms with van der Waals surface area (Å²) in [5.74, 6) is -1.36. The molecule has 1 aromatic heterocycles. The average Bonchev–Trinajstić information content (AvgIpc) is 2.62. The summed E-state index contributed by atoms with van der Waals surface area (Å²) in [7, 11) is -4.62. The molecule has 2 aromatic carbocycles. The maximum Gasteiger partial charge on any atom is 0.346 e. The predicted molar refractivity (Wildman–Crippen MR) is 110 cm³/mol. The fourth-order valence-electron chi connectivity index (χ4n) is 2.80. The number of non-ortho nitro benzene ring substituents is 1. The second-order valence-corrected chi connectivity index (χ2v) is 7.67. The maximum atomic E-state index is 11.9. The van der Waals surface area contributed by atoms with Crippen molar-refractivity contribution in [2.75, 3.05) is 0 Å². The molecule has 0 aliphatic carbocycles. The van der Waals surface area contributed by atoms with Crippen LogP contribution in [0.15, 0.2) is 52.1 Å². The minimum absolute atomic E-state index is 0. The van der Waals surface area contributed by atoms with Crippen molar-refractivity contribution in [2.24, 2.45) is 0 Å². The molecule has 0 radical (unpaired) electrons. The summed E-state index contributed by atoms with van der Waals surface area (Å²) in [5, 5.41) is 13.8. The smallest absolute Gasteiger partial charge is 0.323 e. The van der Waals surface area contributed by atoms with Crippen molar-refractivity contribution in [3.8, 4) is 0 Å². The van der Waals surface area contributed by atoms with Gasteiger partial charge in [-0.25, -0.2) is 0 Å². The lowest BCUT2D eigenvalue weighted by molar-refractivity contribution is -0.384. The van der Waals surface area contributed by atoms with Gasteiger partial charge in [0.1, 0.15) is 5.78 Å². The Morgan fingerprint density at radius 2 is 1.72 bits per heavy atom. The van der Waals surface area contributed by atoms with Gasteiger partial charge in [-0.2, -0.15) is 0 Å². The van der Waals surface area contributed by atoms with Gasteiger partial charge in [-0.05, 0) is 11.1 Å². The fraction of sp³-hybridized carbons (Fsp3) is 0.125. The SMILES string of the molecule is Br.O=c1[nH]c2cc([N+](=O)[O-])cc(CNC(c3ccccc3)P(=O)(O)O)c2[nH]c1=O. The van der Waals surface area contributed by atoms with Crippen molar-refractivity contribution in [1.82, 2.24) is 15.3 Å². The molecule has 1 unspecified atom stereocenters. The fourth-order valence-corrected chi connectivity index (χ4v) is 3.69. The number of nitro groups is 1. The number of nitrogens with zero attached hydrogens (tertiary/aromatic N) is 1. The topological polar surface area (TPSA) is 178 Å². The standard InChI is InChI=1S/C16H15N4O7P.BrH/c21-14-15(22)19-13-10(6-11(20(23)24)7-12(13)18-14)8-17-16(28(25,26)27)9-4-2-1-3-5-9;/h1-7,16-17H,8H2,(H,18,21)(H,19,22)(H2,25,26,27);1H. The zero-order valence-electron chi connectivity index (χ0n) is 14.6. The Morgan fingerprint density at radius 1 is 1.10 bits per heavy atom. The minimum atomic E-state index is -4.62. The van der Waals surface area contributed by atoms with Crippen molar-refractivity contribution in [3.63, 3.8) is 0 Å². The molecule has 0 spiro atoms. The highest BCUT2D eigenvalue weighted by Crippen LogP contribution is 2.50. The Morgan fingerprint density at radius 3 is 2.31 bits per heavy atom. The Bertz CT molecular complexity index is 1210. The number of hydrogen-bond acceptors (Lipinski definition) is 6. The third-order valence-electron chi connectivity index (χ3n) is 4.05. The monoisotopic (exact) mass is 486 g/mol. The Balaban J connectivity index is 0.00000300. The summed E-state index contributed by atoms with van der Waals surface area (Å²) in [5.41, 5.74) is -1.59. The third kappa shape index (κ3) is 5.05. The Kier molecular flexibility index (Phi) is 6.88. The molecule has 0 aliphatic heterocycles. The molecule has 1 atom stereocenters. The second-order valence-electron chi connectivity index (χ2n) is 5.98. The molecule has 0 aliphatic rings. The van der Waals surface area contributed by atoms with Crippen LogP contribution in [0.2, 0.25) is 0 Å². The van der Waals surface area contributed by atoms with E-state index in [-0.39, 0.29) is 45.8 Å². The zero-order valence-corrected chi connectivity index (χ0v) is 17.2. The Hall–Kier alpha value is -2.63. The van der Waals surface area contributed by atoms with Gasteiger partial charge in [0.05, 0.1) is 16.0 Å². The molecule has 13 heteroatoms. The highest BCUT2D eigenvalue weighted by Gasteiger charge is 2.30. The van der Waals surface area contributed by atoms with E-state index in [1.165, 1.54) is 12.1 Å². The van der Waals surface area contributed by atoms with Gasteiger partial charge in [0.25, 0.3) is 5.69 Å². The van der Waals surface area contributed by atoms with E-state index >= 15 is 0 Å². The summed E-state index contributed by atoms with van der Waals surface area (Å²) in [6.45, 7) is -0.217. The number of aromatic nitrogens is 2. The van der Waals surface area contributed by atoms with Crippen LogP contribution in [0.1, 0.15) is 16.9 Å². The van der Waals surface area contributed by atoms with Crippen LogP contribution in [0.5, 0.6) is 0 Å². The number of halogens is 1.